The molecule has 2 heterocycles. The molecule has 110 valence electrons. The van der Waals surface area contributed by atoms with E-state index in [1.165, 1.54) is 12.0 Å². The number of nitrogens with zero attached hydrogens (tertiary/aromatic N) is 1. The third-order valence-corrected chi connectivity index (χ3v) is 3.75. The van der Waals surface area contributed by atoms with E-state index in [2.05, 4.69) is 0 Å². The average molecular weight is 281 g/mol. The van der Waals surface area contributed by atoms with E-state index < -0.39 is 11.4 Å². The van der Waals surface area contributed by atoms with Crippen LogP contribution in [0.1, 0.15) is 28.3 Å². The molecule has 0 spiro atoms. The number of amides is 1. The summed E-state index contributed by atoms with van der Waals surface area (Å²) in [6.07, 6.45) is 0.390. The normalized spacial score (nSPS) is 22.2. The Bertz CT molecular complexity index is 536. The first-order chi connectivity index (χ1) is 9.39. The molecule has 1 N–H and O–H groups in total. The van der Waals surface area contributed by atoms with Crippen LogP contribution >= 0.6 is 0 Å². The summed E-state index contributed by atoms with van der Waals surface area (Å²) in [4.78, 5) is 25.4. The Balaban J connectivity index is 2.18. The zero-order chi connectivity index (χ0) is 14.9. The molecule has 1 aliphatic heterocycles. The third kappa shape index (κ3) is 2.43. The molecule has 1 fully saturated rings. The van der Waals surface area contributed by atoms with Gasteiger partial charge in [-0.1, -0.05) is 0 Å². The van der Waals surface area contributed by atoms with Crippen LogP contribution in [0.2, 0.25) is 0 Å². The number of carboxylic acids is 1. The van der Waals surface area contributed by atoms with Gasteiger partial charge in [0.15, 0.2) is 5.76 Å². The van der Waals surface area contributed by atoms with Crippen LogP contribution in [0.3, 0.4) is 0 Å². The number of methoxy groups -OCH3 is 1. The number of carbonyl (C=O) groups excluding carboxylic acids is 1. The standard InChI is InChI=1S/C14H19NO5/c1-9-6-10(2)20-11(9)12(16)15-5-4-14(7-15,8-19-3)13(17)18/h6H,4-5,7-8H2,1-3H3,(H,17,18). The molecule has 1 aromatic heterocycles. The van der Waals surface area contributed by atoms with Crippen LogP contribution in [0.4, 0.5) is 0 Å². The number of likely N-dealkylation sites (tertiary alicyclic amines) is 1. The largest absolute Gasteiger partial charge is 0.481 e. The van der Waals surface area contributed by atoms with E-state index >= 15 is 0 Å². The molecule has 6 heteroatoms. The molecule has 1 amide bonds. The highest BCUT2D eigenvalue weighted by Gasteiger charge is 2.47. The van der Waals surface area contributed by atoms with E-state index in [1.54, 1.807) is 19.9 Å². The number of aliphatic carboxylic acids is 1. The van der Waals surface area contributed by atoms with Gasteiger partial charge in [-0.25, -0.2) is 0 Å². The summed E-state index contributed by atoms with van der Waals surface area (Å²) in [5.74, 6) is -0.218. The summed E-state index contributed by atoms with van der Waals surface area (Å²) in [5.41, 5.74) is -0.244. The summed E-state index contributed by atoms with van der Waals surface area (Å²) in [5, 5.41) is 9.38. The van der Waals surface area contributed by atoms with Gasteiger partial charge in [-0.05, 0) is 26.3 Å². The number of ether oxygens (including phenoxy) is 1. The van der Waals surface area contributed by atoms with E-state index in [0.29, 0.717) is 24.5 Å². The van der Waals surface area contributed by atoms with Gasteiger partial charge in [-0.15, -0.1) is 0 Å². The maximum absolute atomic E-state index is 12.4. The second kappa shape index (κ2) is 5.28. The second-order valence-corrected chi connectivity index (χ2v) is 5.36. The van der Waals surface area contributed by atoms with E-state index in [4.69, 9.17) is 9.15 Å². The molecule has 1 aliphatic rings. The van der Waals surface area contributed by atoms with Crippen molar-refractivity contribution in [2.24, 2.45) is 5.41 Å². The SMILES string of the molecule is COCC1(C(=O)O)CCN(C(=O)c2oc(C)cc2C)C1. The molecular weight excluding hydrogens is 262 g/mol. The van der Waals surface area contributed by atoms with Crippen LogP contribution < -0.4 is 0 Å². The predicted molar refractivity (Wildman–Crippen MR) is 70.6 cm³/mol. The lowest BCUT2D eigenvalue weighted by Crippen LogP contribution is -2.40. The topological polar surface area (TPSA) is 80.0 Å². The van der Waals surface area contributed by atoms with Crippen LogP contribution in [0, 0.1) is 19.3 Å². The quantitative estimate of drug-likeness (QED) is 0.903. The van der Waals surface area contributed by atoms with Crippen molar-refractivity contribution in [3.63, 3.8) is 0 Å². The Hall–Kier alpha value is -1.82. The molecule has 0 aromatic carbocycles. The smallest absolute Gasteiger partial charge is 0.313 e. The molecule has 20 heavy (non-hydrogen) atoms. The minimum absolute atomic E-state index is 0.0995. The molecule has 0 bridgehead atoms. The maximum Gasteiger partial charge on any atom is 0.313 e. The van der Waals surface area contributed by atoms with Gasteiger partial charge in [0.05, 0.1) is 6.61 Å². The lowest BCUT2D eigenvalue weighted by molar-refractivity contribution is -0.151. The Kier molecular flexibility index (Phi) is 3.85. The first-order valence-electron chi connectivity index (χ1n) is 6.48. The Morgan fingerprint density at radius 2 is 2.20 bits per heavy atom. The first kappa shape index (κ1) is 14.6. The zero-order valence-corrected chi connectivity index (χ0v) is 11.9. The Labute approximate surface area is 117 Å². The van der Waals surface area contributed by atoms with Crippen molar-refractivity contribution >= 4 is 11.9 Å². The summed E-state index contributed by atoms with van der Waals surface area (Å²) < 4.78 is 10.4. The van der Waals surface area contributed by atoms with Gasteiger partial charge in [-0.3, -0.25) is 9.59 Å². The van der Waals surface area contributed by atoms with Crippen LogP contribution in [0.15, 0.2) is 10.5 Å². The molecule has 1 saturated heterocycles. The molecule has 2 rings (SSSR count). The summed E-state index contributed by atoms with van der Waals surface area (Å²) in [6.45, 7) is 4.23. The van der Waals surface area contributed by atoms with Crippen LogP contribution in [0.25, 0.3) is 0 Å². The van der Waals surface area contributed by atoms with Crippen molar-refractivity contribution in [1.29, 1.82) is 0 Å². The van der Waals surface area contributed by atoms with Gasteiger partial charge in [-0.2, -0.15) is 0 Å². The van der Waals surface area contributed by atoms with Crippen LogP contribution in [-0.4, -0.2) is 48.7 Å². The molecule has 1 aromatic rings. The van der Waals surface area contributed by atoms with Gasteiger partial charge in [0.25, 0.3) is 5.91 Å². The second-order valence-electron chi connectivity index (χ2n) is 5.36. The van der Waals surface area contributed by atoms with Gasteiger partial charge in [0, 0.05) is 25.8 Å². The molecule has 0 saturated carbocycles. The molecule has 0 aliphatic carbocycles. The van der Waals surface area contributed by atoms with Crippen LogP contribution in [-0.2, 0) is 9.53 Å². The van der Waals surface area contributed by atoms with Crippen molar-refractivity contribution < 1.29 is 23.8 Å². The zero-order valence-electron chi connectivity index (χ0n) is 11.9. The Morgan fingerprint density at radius 3 is 2.70 bits per heavy atom. The number of hydrogen-bond acceptors (Lipinski definition) is 4. The minimum atomic E-state index is -1.01. The summed E-state index contributed by atoms with van der Waals surface area (Å²) >= 11 is 0. The van der Waals surface area contributed by atoms with Gasteiger partial charge >= 0.3 is 5.97 Å². The fourth-order valence-electron chi connectivity index (χ4n) is 2.67. The summed E-state index contributed by atoms with van der Waals surface area (Å²) in [7, 11) is 1.47. The average Bonchev–Trinajstić information content (AvgIpc) is 2.94. The van der Waals surface area contributed by atoms with Gasteiger partial charge in [0.2, 0.25) is 0 Å². The molecule has 1 atom stereocenters. The Morgan fingerprint density at radius 1 is 1.50 bits per heavy atom. The predicted octanol–water partition coefficient (Wildman–Crippen LogP) is 1.46. The highest BCUT2D eigenvalue weighted by Crippen LogP contribution is 2.32. The molecule has 0 radical (unpaired) electrons. The first-order valence-corrected chi connectivity index (χ1v) is 6.48. The van der Waals surface area contributed by atoms with E-state index in [0.717, 1.165) is 5.56 Å². The van der Waals surface area contributed by atoms with Crippen LogP contribution in [0.5, 0.6) is 0 Å². The lowest BCUT2D eigenvalue weighted by atomic mass is 9.88. The monoisotopic (exact) mass is 281 g/mol. The number of rotatable bonds is 4. The van der Waals surface area contributed by atoms with Gasteiger partial charge in [0.1, 0.15) is 11.2 Å². The summed E-state index contributed by atoms with van der Waals surface area (Å²) in [6, 6.07) is 1.79. The molecule has 6 nitrogen and oxygen atoms in total. The fourth-order valence-corrected chi connectivity index (χ4v) is 2.67. The van der Waals surface area contributed by atoms with Crippen molar-refractivity contribution in [3.05, 3.63) is 23.2 Å². The highest BCUT2D eigenvalue weighted by atomic mass is 16.5. The number of aryl methyl sites for hydroxylation is 2. The van der Waals surface area contributed by atoms with E-state index in [1.807, 2.05) is 0 Å². The van der Waals surface area contributed by atoms with Gasteiger partial charge < -0.3 is 19.2 Å². The number of furan rings is 1. The number of hydrogen-bond donors (Lipinski definition) is 1. The highest BCUT2D eigenvalue weighted by molar-refractivity contribution is 5.94. The molecule has 1 unspecified atom stereocenters. The van der Waals surface area contributed by atoms with E-state index in [9.17, 15) is 14.7 Å². The van der Waals surface area contributed by atoms with Crippen molar-refractivity contribution in [3.8, 4) is 0 Å². The number of carboxylic acid groups (broad SMARTS) is 1. The third-order valence-electron chi connectivity index (χ3n) is 3.75. The van der Waals surface area contributed by atoms with Crippen molar-refractivity contribution in [2.45, 2.75) is 20.3 Å². The maximum atomic E-state index is 12.4. The lowest BCUT2D eigenvalue weighted by Gasteiger charge is -2.23. The minimum Gasteiger partial charge on any atom is -0.481 e. The van der Waals surface area contributed by atoms with Crippen molar-refractivity contribution in [1.82, 2.24) is 4.90 Å². The molecular formula is C14H19NO5. The number of carbonyl (C=O) groups is 2. The van der Waals surface area contributed by atoms with E-state index in [-0.39, 0.29) is 19.1 Å². The van der Waals surface area contributed by atoms with Crippen molar-refractivity contribution in [2.75, 3.05) is 26.8 Å². The fraction of sp³-hybridized carbons (Fsp3) is 0.571.